The van der Waals surface area contributed by atoms with E-state index in [4.69, 9.17) is 11.6 Å². The van der Waals surface area contributed by atoms with Gasteiger partial charge in [-0.3, -0.25) is 15.1 Å². The Kier molecular flexibility index (Phi) is 4.27. The van der Waals surface area contributed by atoms with Crippen LogP contribution in [0.25, 0.3) is 10.6 Å². The molecule has 0 spiro atoms. The topological polar surface area (TPSA) is 75.1 Å². The van der Waals surface area contributed by atoms with Gasteiger partial charge in [-0.25, -0.2) is 4.98 Å². The number of phenolic OH excluding ortho intramolecular Hbond substituents is 1. The van der Waals surface area contributed by atoms with Crippen LogP contribution in [0.5, 0.6) is 5.75 Å². The Hall–Kier alpha value is -2.44. The van der Waals surface area contributed by atoms with Crippen LogP contribution in [-0.4, -0.2) is 21.0 Å². The lowest BCUT2D eigenvalue weighted by Gasteiger charge is -2.03. The number of carbonyl (C=O) groups is 1. The number of carbonyl (C=O) groups excluding carboxylic acids is 1. The van der Waals surface area contributed by atoms with Gasteiger partial charge in [0.25, 0.3) is 5.91 Å². The highest BCUT2D eigenvalue weighted by Crippen LogP contribution is 2.31. The summed E-state index contributed by atoms with van der Waals surface area (Å²) in [6.45, 7) is 1.87. The van der Waals surface area contributed by atoms with E-state index in [2.05, 4.69) is 15.3 Å². The lowest BCUT2D eigenvalue weighted by molar-refractivity contribution is 0.102. The van der Waals surface area contributed by atoms with Crippen molar-refractivity contribution in [1.29, 1.82) is 0 Å². The number of benzene rings is 1. The van der Waals surface area contributed by atoms with E-state index in [0.717, 1.165) is 16.3 Å². The van der Waals surface area contributed by atoms with Gasteiger partial charge in [0.1, 0.15) is 5.75 Å². The first-order chi connectivity index (χ1) is 11.0. The second-order valence-corrected chi connectivity index (χ2v) is 6.18. The Morgan fingerprint density at radius 1 is 1.30 bits per heavy atom. The molecular formula is C16H12ClN3O2S. The molecule has 5 nitrogen and oxygen atoms in total. The van der Waals surface area contributed by atoms with Crippen LogP contribution in [0.2, 0.25) is 5.02 Å². The monoisotopic (exact) mass is 345 g/mol. The van der Waals surface area contributed by atoms with Gasteiger partial charge in [0, 0.05) is 11.8 Å². The predicted octanol–water partition coefficient (Wildman–Crippen LogP) is 4.12. The number of rotatable bonds is 3. The van der Waals surface area contributed by atoms with Crippen molar-refractivity contribution >= 4 is 34.0 Å². The van der Waals surface area contributed by atoms with Crippen LogP contribution in [-0.2, 0) is 0 Å². The lowest BCUT2D eigenvalue weighted by Crippen LogP contribution is -2.11. The number of halogens is 1. The number of hydrogen-bond acceptors (Lipinski definition) is 5. The van der Waals surface area contributed by atoms with Crippen LogP contribution >= 0.6 is 22.9 Å². The second-order valence-electron chi connectivity index (χ2n) is 4.77. The number of thiazole rings is 1. The Morgan fingerprint density at radius 2 is 2.13 bits per heavy atom. The molecule has 1 amide bonds. The smallest absolute Gasteiger partial charge is 0.257 e. The molecule has 0 unspecified atom stereocenters. The van der Waals surface area contributed by atoms with Gasteiger partial charge < -0.3 is 5.11 Å². The van der Waals surface area contributed by atoms with Crippen molar-refractivity contribution < 1.29 is 9.90 Å². The molecule has 0 aliphatic heterocycles. The lowest BCUT2D eigenvalue weighted by atomic mass is 10.2. The maximum absolute atomic E-state index is 12.2. The van der Waals surface area contributed by atoms with Crippen molar-refractivity contribution in [3.8, 4) is 16.3 Å². The summed E-state index contributed by atoms with van der Waals surface area (Å²) in [5.41, 5.74) is 1.96. The number of hydrogen-bond donors (Lipinski definition) is 2. The zero-order chi connectivity index (χ0) is 16.4. The van der Waals surface area contributed by atoms with Gasteiger partial charge >= 0.3 is 0 Å². The zero-order valence-electron chi connectivity index (χ0n) is 12.1. The average molecular weight is 346 g/mol. The molecule has 2 heterocycles. The van der Waals surface area contributed by atoms with Crippen molar-refractivity contribution in [2.45, 2.75) is 6.92 Å². The van der Waals surface area contributed by atoms with Crippen LogP contribution in [0.4, 0.5) is 5.13 Å². The van der Waals surface area contributed by atoms with Crippen LogP contribution in [0.1, 0.15) is 16.1 Å². The predicted molar refractivity (Wildman–Crippen MR) is 91.2 cm³/mol. The molecular weight excluding hydrogens is 334 g/mol. The number of pyridine rings is 1. The van der Waals surface area contributed by atoms with Crippen molar-refractivity contribution in [2.75, 3.05) is 5.32 Å². The third-order valence-corrected chi connectivity index (χ3v) is 4.52. The van der Waals surface area contributed by atoms with Crippen molar-refractivity contribution in [3.05, 3.63) is 58.9 Å². The summed E-state index contributed by atoms with van der Waals surface area (Å²) in [6, 6.07) is 9.92. The second kappa shape index (κ2) is 6.36. The first-order valence-corrected chi connectivity index (χ1v) is 7.93. The molecule has 0 aliphatic carbocycles. The highest BCUT2D eigenvalue weighted by atomic mass is 35.5. The van der Waals surface area contributed by atoms with Crippen LogP contribution < -0.4 is 5.32 Å². The summed E-state index contributed by atoms with van der Waals surface area (Å²) in [5.74, 6) is -0.404. The molecule has 23 heavy (non-hydrogen) atoms. The molecule has 7 heteroatoms. The van der Waals surface area contributed by atoms with Crippen molar-refractivity contribution in [3.63, 3.8) is 0 Å². The fourth-order valence-electron chi connectivity index (χ4n) is 2.00. The van der Waals surface area contributed by atoms with Gasteiger partial charge in [-0.2, -0.15) is 0 Å². The number of aromatic hydroxyl groups is 1. The quantitative estimate of drug-likeness (QED) is 0.748. The van der Waals surface area contributed by atoms with E-state index in [1.54, 1.807) is 6.20 Å². The van der Waals surface area contributed by atoms with Gasteiger partial charge in [0.2, 0.25) is 0 Å². The summed E-state index contributed by atoms with van der Waals surface area (Å²) in [5, 5.41) is 12.7. The Morgan fingerprint density at radius 3 is 2.83 bits per heavy atom. The number of amides is 1. The Balaban J connectivity index is 1.83. The first-order valence-electron chi connectivity index (χ1n) is 6.73. The van der Waals surface area contributed by atoms with E-state index in [-0.39, 0.29) is 16.7 Å². The molecule has 3 rings (SSSR count). The van der Waals surface area contributed by atoms with Crippen LogP contribution in [0.3, 0.4) is 0 Å². The minimum atomic E-state index is -0.340. The molecule has 0 bridgehead atoms. The van der Waals surface area contributed by atoms with E-state index in [0.29, 0.717) is 10.7 Å². The molecule has 0 saturated heterocycles. The van der Waals surface area contributed by atoms with Crippen molar-refractivity contribution in [1.82, 2.24) is 9.97 Å². The minimum Gasteiger partial charge on any atom is -0.506 e. The molecule has 0 aliphatic rings. The first kappa shape index (κ1) is 15.5. The van der Waals surface area contributed by atoms with Gasteiger partial charge in [-0.15, -0.1) is 0 Å². The fraction of sp³-hybridized carbons (Fsp3) is 0.0625. The number of nitrogens with zero attached hydrogens (tertiary/aromatic N) is 2. The molecule has 0 fully saturated rings. The van der Waals surface area contributed by atoms with Gasteiger partial charge in [0.15, 0.2) is 5.13 Å². The van der Waals surface area contributed by atoms with E-state index in [1.807, 2.05) is 25.1 Å². The number of nitrogens with one attached hydrogen (secondary N) is 1. The third kappa shape index (κ3) is 3.33. The summed E-state index contributed by atoms with van der Waals surface area (Å²) in [6.07, 6.45) is 1.71. The largest absolute Gasteiger partial charge is 0.506 e. The Labute approximate surface area is 141 Å². The van der Waals surface area contributed by atoms with Gasteiger partial charge in [-0.1, -0.05) is 29.0 Å². The Bertz CT molecular complexity index is 865. The van der Waals surface area contributed by atoms with Crippen LogP contribution in [0, 0.1) is 6.92 Å². The molecule has 116 valence electrons. The molecule has 1 aromatic carbocycles. The normalized spacial score (nSPS) is 10.5. The molecule has 2 N–H and O–H groups in total. The summed E-state index contributed by atoms with van der Waals surface area (Å²) >= 11 is 7.17. The number of phenols is 1. The molecule has 0 atom stereocenters. The molecule has 2 aromatic heterocycles. The van der Waals surface area contributed by atoms with E-state index < -0.39 is 0 Å². The number of anilines is 1. The third-order valence-electron chi connectivity index (χ3n) is 3.12. The van der Waals surface area contributed by atoms with E-state index >= 15 is 0 Å². The molecule has 0 radical (unpaired) electrons. The zero-order valence-corrected chi connectivity index (χ0v) is 13.6. The highest BCUT2D eigenvalue weighted by Gasteiger charge is 2.14. The summed E-state index contributed by atoms with van der Waals surface area (Å²) in [7, 11) is 0. The van der Waals surface area contributed by atoms with Gasteiger partial charge in [0.05, 0.1) is 21.3 Å². The highest BCUT2D eigenvalue weighted by molar-refractivity contribution is 7.19. The number of aryl methyl sites for hydroxylation is 1. The summed E-state index contributed by atoms with van der Waals surface area (Å²) in [4.78, 5) is 21.8. The number of aromatic nitrogens is 2. The van der Waals surface area contributed by atoms with Crippen LogP contribution in [0.15, 0.2) is 42.6 Å². The van der Waals surface area contributed by atoms with Crippen molar-refractivity contribution in [2.24, 2.45) is 0 Å². The SMILES string of the molecule is Cc1nc(NC(=O)c2ccc(O)c(Cl)c2)sc1-c1ccccn1. The molecule has 3 aromatic rings. The standard InChI is InChI=1S/C16H12ClN3O2S/c1-9-14(12-4-2-3-7-18-12)23-16(19-9)20-15(22)10-5-6-13(21)11(17)8-10/h2-8,21H,1H3,(H,19,20,22). The average Bonchev–Trinajstić information content (AvgIpc) is 2.91. The maximum Gasteiger partial charge on any atom is 0.257 e. The fourth-order valence-corrected chi connectivity index (χ4v) is 3.12. The minimum absolute atomic E-state index is 0.0641. The summed E-state index contributed by atoms with van der Waals surface area (Å²) < 4.78 is 0. The van der Waals surface area contributed by atoms with E-state index in [1.165, 1.54) is 29.5 Å². The van der Waals surface area contributed by atoms with Gasteiger partial charge in [-0.05, 0) is 37.3 Å². The maximum atomic E-state index is 12.2. The molecule has 0 saturated carbocycles. The van der Waals surface area contributed by atoms with E-state index in [9.17, 15) is 9.90 Å².